The van der Waals surface area contributed by atoms with E-state index in [2.05, 4.69) is 5.10 Å². The smallest absolute Gasteiger partial charge is 0.272 e. The monoisotopic (exact) mass is 172 g/mol. The number of halogens is 1. The number of hydrogen-bond donors (Lipinski definition) is 0. The van der Waals surface area contributed by atoms with E-state index in [1.807, 2.05) is 6.92 Å². The zero-order valence-corrected chi connectivity index (χ0v) is 7.22. The summed E-state index contributed by atoms with van der Waals surface area (Å²) in [6.45, 7) is 2.00. The van der Waals surface area contributed by atoms with Gasteiger partial charge in [0, 0.05) is 12.7 Å². The van der Waals surface area contributed by atoms with Crippen molar-refractivity contribution in [1.82, 2.24) is 9.78 Å². The first kappa shape index (κ1) is 8.27. The first-order valence-electron chi connectivity index (χ1n) is 3.38. The molecule has 0 N–H and O–H groups in total. The van der Waals surface area contributed by atoms with Crippen LogP contribution >= 0.6 is 11.6 Å². The number of aryl methyl sites for hydroxylation is 2. The van der Waals surface area contributed by atoms with Gasteiger partial charge in [0.05, 0.1) is 0 Å². The maximum Gasteiger partial charge on any atom is 0.272 e. The van der Waals surface area contributed by atoms with Gasteiger partial charge in [0.2, 0.25) is 0 Å². The molecule has 1 rings (SSSR count). The molecule has 0 aliphatic heterocycles. The van der Waals surface area contributed by atoms with Crippen molar-refractivity contribution < 1.29 is 4.79 Å². The SMILES string of the molecule is CCc1cc(C(=O)Cl)nn1C. The van der Waals surface area contributed by atoms with Gasteiger partial charge in [-0.3, -0.25) is 9.48 Å². The molecule has 0 fully saturated rings. The molecular weight excluding hydrogens is 164 g/mol. The molecule has 11 heavy (non-hydrogen) atoms. The van der Waals surface area contributed by atoms with Crippen LogP contribution in [-0.2, 0) is 13.5 Å². The summed E-state index contributed by atoms with van der Waals surface area (Å²) in [7, 11) is 1.79. The van der Waals surface area contributed by atoms with Crippen LogP contribution in [0.25, 0.3) is 0 Å². The number of carbonyl (C=O) groups is 1. The Hall–Kier alpha value is -0.830. The van der Waals surface area contributed by atoms with Crippen molar-refractivity contribution >= 4 is 16.8 Å². The fraction of sp³-hybridized carbons (Fsp3) is 0.429. The van der Waals surface area contributed by atoms with Crippen molar-refractivity contribution in [1.29, 1.82) is 0 Å². The molecule has 0 atom stereocenters. The first-order chi connectivity index (χ1) is 5.15. The van der Waals surface area contributed by atoms with Gasteiger partial charge >= 0.3 is 0 Å². The third-order valence-corrected chi connectivity index (χ3v) is 1.73. The van der Waals surface area contributed by atoms with Gasteiger partial charge in [-0.15, -0.1) is 0 Å². The normalized spacial score (nSPS) is 10.1. The summed E-state index contributed by atoms with van der Waals surface area (Å²) in [6.07, 6.45) is 0.855. The summed E-state index contributed by atoms with van der Waals surface area (Å²) in [6, 6.07) is 1.70. The predicted molar refractivity (Wildman–Crippen MR) is 42.8 cm³/mol. The molecule has 0 unspecified atom stereocenters. The molecule has 0 spiro atoms. The molecule has 0 aliphatic carbocycles. The number of rotatable bonds is 2. The summed E-state index contributed by atoms with van der Waals surface area (Å²) in [5, 5.41) is 3.42. The van der Waals surface area contributed by atoms with Gasteiger partial charge in [-0.1, -0.05) is 6.92 Å². The fourth-order valence-corrected chi connectivity index (χ4v) is 1.03. The van der Waals surface area contributed by atoms with Gasteiger partial charge in [-0.2, -0.15) is 5.10 Å². The van der Waals surface area contributed by atoms with Gasteiger partial charge < -0.3 is 0 Å². The highest BCUT2D eigenvalue weighted by Crippen LogP contribution is 2.05. The molecule has 0 saturated carbocycles. The van der Waals surface area contributed by atoms with Crippen LogP contribution in [0.5, 0.6) is 0 Å². The zero-order chi connectivity index (χ0) is 8.43. The van der Waals surface area contributed by atoms with Gasteiger partial charge in [-0.25, -0.2) is 0 Å². The maximum absolute atomic E-state index is 10.6. The molecule has 1 heterocycles. The van der Waals surface area contributed by atoms with Gasteiger partial charge in [-0.05, 0) is 24.1 Å². The lowest BCUT2D eigenvalue weighted by Gasteiger charge is -1.92. The summed E-state index contributed by atoms with van der Waals surface area (Å²) >= 11 is 5.23. The van der Waals surface area contributed by atoms with E-state index in [1.54, 1.807) is 17.8 Å². The molecule has 60 valence electrons. The molecule has 0 saturated heterocycles. The van der Waals surface area contributed by atoms with Crippen molar-refractivity contribution in [2.45, 2.75) is 13.3 Å². The van der Waals surface area contributed by atoms with Crippen LogP contribution in [0.3, 0.4) is 0 Å². The van der Waals surface area contributed by atoms with E-state index in [4.69, 9.17) is 11.6 Å². The fourth-order valence-electron chi connectivity index (χ4n) is 0.933. The van der Waals surface area contributed by atoms with E-state index in [1.165, 1.54) is 0 Å². The second kappa shape index (κ2) is 3.05. The van der Waals surface area contributed by atoms with Crippen molar-refractivity contribution in [3.05, 3.63) is 17.5 Å². The Morgan fingerprint density at radius 2 is 2.45 bits per heavy atom. The second-order valence-electron chi connectivity index (χ2n) is 2.27. The quantitative estimate of drug-likeness (QED) is 0.632. The van der Waals surface area contributed by atoms with E-state index in [0.717, 1.165) is 12.1 Å². The van der Waals surface area contributed by atoms with E-state index >= 15 is 0 Å². The molecule has 0 bridgehead atoms. The van der Waals surface area contributed by atoms with Crippen LogP contribution in [0, 0.1) is 0 Å². The van der Waals surface area contributed by atoms with Crippen LogP contribution in [0.4, 0.5) is 0 Å². The summed E-state index contributed by atoms with van der Waals surface area (Å²) < 4.78 is 1.66. The lowest BCUT2D eigenvalue weighted by molar-refractivity contribution is 0.107. The molecule has 1 aromatic rings. The Labute approximate surface area is 70.0 Å². The second-order valence-corrected chi connectivity index (χ2v) is 2.62. The summed E-state index contributed by atoms with van der Waals surface area (Å²) in [4.78, 5) is 10.6. The van der Waals surface area contributed by atoms with Crippen LogP contribution in [0.15, 0.2) is 6.07 Å². The van der Waals surface area contributed by atoms with Crippen molar-refractivity contribution in [2.75, 3.05) is 0 Å². The number of aromatic nitrogens is 2. The lowest BCUT2D eigenvalue weighted by Crippen LogP contribution is -1.97. The minimum atomic E-state index is -0.500. The highest BCUT2D eigenvalue weighted by molar-refractivity contribution is 6.67. The largest absolute Gasteiger partial charge is 0.274 e. The van der Waals surface area contributed by atoms with Gasteiger partial charge in [0.1, 0.15) is 5.69 Å². The standard InChI is InChI=1S/C7H9ClN2O/c1-3-5-4-6(7(8)11)9-10(5)2/h4H,3H2,1-2H3. The molecule has 0 aliphatic rings. The van der Waals surface area contributed by atoms with Gasteiger partial charge in [0.15, 0.2) is 0 Å². The molecule has 4 heteroatoms. The summed E-state index contributed by atoms with van der Waals surface area (Å²) in [5.41, 5.74) is 1.33. The molecule has 3 nitrogen and oxygen atoms in total. The van der Waals surface area contributed by atoms with E-state index in [0.29, 0.717) is 5.69 Å². The Kier molecular flexibility index (Phi) is 2.29. The average molecular weight is 173 g/mol. The predicted octanol–water partition coefficient (Wildman–Crippen LogP) is 1.36. The van der Waals surface area contributed by atoms with Crippen molar-refractivity contribution in [2.24, 2.45) is 7.05 Å². The summed E-state index contributed by atoms with van der Waals surface area (Å²) in [5.74, 6) is 0. The molecule has 0 radical (unpaired) electrons. The van der Waals surface area contributed by atoms with E-state index in [9.17, 15) is 4.79 Å². The third kappa shape index (κ3) is 1.60. The van der Waals surface area contributed by atoms with Crippen LogP contribution in [0.2, 0.25) is 0 Å². The topological polar surface area (TPSA) is 34.9 Å². The van der Waals surface area contributed by atoms with Gasteiger partial charge in [0.25, 0.3) is 5.24 Å². The van der Waals surface area contributed by atoms with Crippen molar-refractivity contribution in [3.63, 3.8) is 0 Å². The number of hydrogen-bond acceptors (Lipinski definition) is 2. The molecule has 0 amide bonds. The minimum absolute atomic E-state index is 0.325. The lowest BCUT2D eigenvalue weighted by atomic mass is 10.3. The first-order valence-corrected chi connectivity index (χ1v) is 3.75. The maximum atomic E-state index is 10.6. The highest BCUT2D eigenvalue weighted by atomic mass is 35.5. The molecular formula is C7H9ClN2O. The zero-order valence-electron chi connectivity index (χ0n) is 6.47. The molecule has 0 aromatic carbocycles. The highest BCUT2D eigenvalue weighted by Gasteiger charge is 2.07. The van der Waals surface area contributed by atoms with E-state index in [-0.39, 0.29) is 0 Å². The Morgan fingerprint density at radius 3 is 2.73 bits per heavy atom. The number of carbonyl (C=O) groups excluding carboxylic acids is 1. The average Bonchev–Trinajstić information content (AvgIpc) is 2.31. The minimum Gasteiger partial charge on any atom is -0.274 e. The molecule has 1 aromatic heterocycles. The Morgan fingerprint density at radius 1 is 1.82 bits per heavy atom. The van der Waals surface area contributed by atoms with Crippen LogP contribution < -0.4 is 0 Å². The van der Waals surface area contributed by atoms with Crippen LogP contribution in [0.1, 0.15) is 23.1 Å². The van der Waals surface area contributed by atoms with Crippen LogP contribution in [-0.4, -0.2) is 15.0 Å². The Bertz CT molecular complexity index is 280. The van der Waals surface area contributed by atoms with E-state index < -0.39 is 5.24 Å². The third-order valence-electron chi connectivity index (χ3n) is 1.54. The Balaban J connectivity index is 3.05. The van der Waals surface area contributed by atoms with Crippen molar-refractivity contribution in [3.8, 4) is 0 Å². The number of nitrogens with zero attached hydrogens (tertiary/aromatic N) is 2.